The lowest BCUT2D eigenvalue weighted by Crippen LogP contribution is -2.12. The molecule has 2 aromatic heterocycles. The molecular formula is C10H8F2N4O2. The molecule has 0 N–H and O–H groups in total. The molecule has 2 rings (SSSR count). The van der Waals surface area contributed by atoms with Gasteiger partial charge in [-0.3, -0.25) is 4.79 Å². The second-order valence-electron chi connectivity index (χ2n) is 3.44. The highest BCUT2D eigenvalue weighted by atomic mass is 19.3. The van der Waals surface area contributed by atoms with Crippen LogP contribution >= 0.6 is 0 Å². The predicted molar refractivity (Wildman–Crippen MR) is 54.8 cm³/mol. The Labute approximate surface area is 100 Å². The molecule has 0 aliphatic rings. The van der Waals surface area contributed by atoms with Gasteiger partial charge >= 0.3 is 0 Å². The van der Waals surface area contributed by atoms with Crippen LogP contribution in [-0.4, -0.2) is 32.3 Å². The third kappa shape index (κ3) is 2.70. The summed E-state index contributed by atoms with van der Waals surface area (Å²) in [6.07, 6.45) is -2.12. The molecule has 18 heavy (non-hydrogen) atoms. The lowest BCUT2D eigenvalue weighted by atomic mass is 10.3. The van der Waals surface area contributed by atoms with Crippen LogP contribution in [0.1, 0.15) is 11.7 Å². The number of carbonyl (C=O) groups excluding carboxylic acids is 1. The van der Waals surface area contributed by atoms with Gasteiger partial charge in [0, 0.05) is 6.20 Å². The number of halogens is 2. The number of Topliss-reactive ketones (excluding diaryl/α,β-unsaturated/α-hetero) is 1. The average Bonchev–Trinajstić information content (AvgIpc) is 2.77. The van der Waals surface area contributed by atoms with E-state index >= 15 is 0 Å². The van der Waals surface area contributed by atoms with E-state index in [0.29, 0.717) is 11.5 Å². The number of alkyl halides is 2. The lowest BCUT2D eigenvalue weighted by molar-refractivity contribution is -0.129. The Morgan fingerprint density at radius 2 is 2.22 bits per heavy atom. The zero-order valence-electron chi connectivity index (χ0n) is 9.30. The number of ketones is 1. The Morgan fingerprint density at radius 1 is 1.44 bits per heavy atom. The van der Waals surface area contributed by atoms with Crippen molar-refractivity contribution in [3.63, 3.8) is 0 Å². The van der Waals surface area contributed by atoms with Crippen LogP contribution in [0, 0.1) is 6.92 Å². The van der Waals surface area contributed by atoms with Crippen molar-refractivity contribution in [3.05, 3.63) is 24.0 Å². The van der Waals surface area contributed by atoms with Crippen molar-refractivity contribution in [3.8, 4) is 11.5 Å². The first-order valence-corrected chi connectivity index (χ1v) is 4.99. The number of rotatable bonds is 4. The quantitative estimate of drug-likeness (QED) is 0.815. The molecule has 0 saturated carbocycles. The van der Waals surface area contributed by atoms with Gasteiger partial charge in [0.15, 0.2) is 0 Å². The van der Waals surface area contributed by atoms with Crippen LogP contribution in [-0.2, 0) is 11.2 Å². The van der Waals surface area contributed by atoms with E-state index in [1.165, 1.54) is 6.20 Å². The van der Waals surface area contributed by atoms with Gasteiger partial charge in [0.1, 0.15) is 11.5 Å². The minimum atomic E-state index is -3.04. The molecule has 8 heteroatoms. The smallest absolute Gasteiger partial charge is 0.296 e. The van der Waals surface area contributed by atoms with Gasteiger partial charge in [-0.2, -0.15) is 4.98 Å². The second kappa shape index (κ2) is 4.94. The SMILES string of the molecule is Cc1nccc(-c2noc(CC(=O)C(F)F)n2)n1. The first-order chi connectivity index (χ1) is 8.56. The maximum Gasteiger partial charge on any atom is 0.296 e. The Morgan fingerprint density at radius 3 is 2.89 bits per heavy atom. The lowest BCUT2D eigenvalue weighted by Gasteiger charge is -1.94. The summed E-state index contributed by atoms with van der Waals surface area (Å²) in [5, 5.41) is 3.57. The van der Waals surface area contributed by atoms with Crippen LogP contribution in [0.25, 0.3) is 11.5 Å². The van der Waals surface area contributed by atoms with Gasteiger partial charge in [0.25, 0.3) is 6.43 Å². The van der Waals surface area contributed by atoms with Crippen LogP contribution in [0.15, 0.2) is 16.8 Å². The van der Waals surface area contributed by atoms with Gasteiger partial charge in [-0.25, -0.2) is 18.7 Å². The van der Waals surface area contributed by atoms with Gasteiger partial charge < -0.3 is 4.52 Å². The molecule has 0 amide bonds. The highest BCUT2D eigenvalue weighted by molar-refractivity contribution is 5.82. The van der Waals surface area contributed by atoms with Gasteiger partial charge in [-0.15, -0.1) is 0 Å². The maximum absolute atomic E-state index is 12.0. The van der Waals surface area contributed by atoms with Crippen LogP contribution in [0.3, 0.4) is 0 Å². The molecule has 0 aliphatic heterocycles. The topological polar surface area (TPSA) is 81.8 Å². The molecule has 94 valence electrons. The van der Waals surface area contributed by atoms with Crippen LogP contribution in [0.5, 0.6) is 0 Å². The highest BCUT2D eigenvalue weighted by Gasteiger charge is 2.20. The summed E-state index contributed by atoms with van der Waals surface area (Å²) in [7, 11) is 0. The van der Waals surface area contributed by atoms with Gasteiger partial charge in [0.05, 0.1) is 6.42 Å². The fraction of sp³-hybridized carbons (Fsp3) is 0.300. The molecule has 0 unspecified atom stereocenters. The summed E-state index contributed by atoms with van der Waals surface area (Å²) in [6.45, 7) is 1.69. The van der Waals surface area contributed by atoms with E-state index in [9.17, 15) is 13.6 Å². The minimum Gasteiger partial charge on any atom is -0.338 e. The van der Waals surface area contributed by atoms with Crippen molar-refractivity contribution in [2.24, 2.45) is 0 Å². The van der Waals surface area contributed by atoms with E-state index in [-0.39, 0.29) is 11.7 Å². The van der Waals surface area contributed by atoms with Gasteiger partial charge in [-0.1, -0.05) is 5.16 Å². The van der Waals surface area contributed by atoms with E-state index in [0.717, 1.165) is 0 Å². The molecule has 0 saturated heterocycles. The Bertz CT molecular complexity index is 571. The first kappa shape index (κ1) is 12.2. The van der Waals surface area contributed by atoms with E-state index in [1.54, 1.807) is 13.0 Å². The predicted octanol–water partition coefficient (Wildman–Crippen LogP) is 1.21. The summed E-state index contributed by atoms with van der Waals surface area (Å²) in [5.74, 6) is -0.768. The first-order valence-electron chi connectivity index (χ1n) is 4.99. The monoisotopic (exact) mass is 254 g/mol. The standard InChI is InChI=1S/C10H8F2N4O2/c1-5-13-3-2-6(14-5)10-15-8(18-16-10)4-7(17)9(11)12/h2-3,9H,4H2,1H3. The molecule has 0 aliphatic carbocycles. The van der Waals surface area contributed by atoms with Gasteiger partial charge in [0.2, 0.25) is 17.5 Å². The summed E-state index contributed by atoms with van der Waals surface area (Å²) >= 11 is 0. The van der Waals surface area contributed by atoms with Crippen molar-refractivity contribution in [1.29, 1.82) is 0 Å². The molecule has 0 spiro atoms. The normalized spacial score (nSPS) is 10.9. The summed E-state index contributed by atoms with van der Waals surface area (Å²) in [5.41, 5.74) is 0.405. The molecule has 0 bridgehead atoms. The Kier molecular flexibility index (Phi) is 3.35. The summed E-state index contributed by atoms with van der Waals surface area (Å²) in [6, 6.07) is 1.55. The molecule has 0 atom stereocenters. The zero-order valence-corrected chi connectivity index (χ0v) is 9.30. The third-order valence-corrected chi connectivity index (χ3v) is 2.04. The number of nitrogens with zero attached hydrogens (tertiary/aromatic N) is 4. The molecule has 6 nitrogen and oxygen atoms in total. The Balaban J connectivity index is 2.18. The highest BCUT2D eigenvalue weighted by Crippen LogP contribution is 2.13. The molecule has 0 aromatic carbocycles. The second-order valence-corrected chi connectivity index (χ2v) is 3.44. The molecular weight excluding hydrogens is 246 g/mol. The van der Waals surface area contributed by atoms with E-state index in [1.807, 2.05) is 0 Å². The van der Waals surface area contributed by atoms with E-state index in [4.69, 9.17) is 4.52 Å². The fourth-order valence-electron chi connectivity index (χ4n) is 1.24. The molecule has 2 heterocycles. The number of hydrogen-bond donors (Lipinski definition) is 0. The van der Waals surface area contributed by atoms with Crippen LogP contribution in [0.4, 0.5) is 8.78 Å². The number of aromatic nitrogens is 4. The average molecular weight is 254 g/mol. The largest absolute Gasteiger partial charge is 0.338 e. The van der Waals surface area contributed by atoms with Gasteiger partial charge in [-0.05, 0) is 13.0 Å². The van der Waals surface area contributed by atoms with Crippen LogP contribution < -0.4 is 0 Å². The molecule has 0 fully saturated rings. The molecule has 2 aromatic rings. The van der Waals surface area contributed by atoms with Crippen molar-refractivity contribution in [2.45, 2.75) is 19.8 Å². The number of aryl methyl sites for hydroxylation is 1. The van der Waals surface area contributed by atoms with Crippen molar-refractivity contribution < 1.29 is 18.1 Å². The van der Waals surface area contributed by atoms with Crippen molar-refractivity contribution >= 4 is 5.78 Å². The van der Waals surface area contributed by atoms with Crippen molar-refractivity contribution in [1.82, 2.24) is 20.1 Å². The van der Waals surface area contributed by atoms with E-state index in [2.05, 4.69) is 20.1 Å². The van der Waals surface area contributed by atoms with Crippen molar-refractivity contribution in [2.75, 3.05) is 0 Å². The number of hydrogen-bond acceptors (Lipinski definition) is 6. The fourth-order valence-corrected chi connectivity index (χ4v) is 1.24. The minimum absolute atomic E-state index is 0.137. The Hall–Kier alpha value is -2.25. The summed E-state index contributed by atoms with van der Waals surface area (Å²) < 4.78 is 28.8. The number of carbonyl (C=O) groups is 1. The molecule has 0 radical (unpaired) electrons. The maximum atomic E-state index is 12.0. The third-order valence-electron chi connectivity index (χ3n) is 2.04. The van der Waals surface area contributed by atoms with Crippen LogP contribution in [0.2, 0.25) is 0 Å². The van der Waals surface area contributed by atoms with E-state index < -0.39 is 18.6 Å². The summed E-state index contributed by atoms with van der Waals surface area (Å²) in [4.78, 5) is 22.6. The zero-order chi connectivity index (χ0) is 13.1.